The van der Waals surface area contributed by atoms with Crippen LogP contribution in [0.2, 0.25) is 0 Å². The van der Waals surface area contributed by atoms with Gasteiger partial charge in [0.25, 0.3) is 0 Å². The van der Waals surface area contributed by atoms with Crippen molar-refractivity contribution in [3.05, 3.63) is 41.5 Å². The Balaban J connectivity index is 2.53. The van der Waals surface area contributed by atoms with Gasteiger partial charge < -0.3 is 15.0 Å². The molecule has 0 unspecified atom stereocenters. The predicted octanol–water partition coefficient (Wildman–Crippen LogP) is 2.69. The zero-order valence-corrected chi connectivity index (χ0v) is 14.3. The highest BCUT2D eigenvalue weighted by Crippen LogP contribution is 2.30. The Labute approximate surface area is 137 Å². The van der Waals surface area contributed by atoms with Crippen LogP contribution in [0.3, 0.4) is 0 Å². The van der Waals surface area contributed by atoms with Gasteiger partial charge in [0.2, 0.25) is 0 Å². The second kappa shape index (κ2) is 7.83. The summed E-state index contributed by atoms with van der Waals surface area (Å²) in [6.07, 6.45) is 5.51. The lowest BCUT2D eigenvalue weighted by Crippen LogP contribution is -2.13. The third-order valence-corrected chi connectivity index (χ3v) is 3.66. The molecule has 2 rings (SSSR count). The maximum atomic E-state index is 10.7. The smallest absolute Gasteiger partial charge is 0.139 e. The van der Waals surface area contributed by atoms with E-state index in [1.54, 1.807) is 0 Å². The number of aryl methyl sites for hydroxylation is 2. The third-order valence-electron chi connectivity index (χ3n) is 3.66. The fourth-order valence-corrected chi connectivity index (χ4v) is 2.57. The number of carbonyl (C=O) groups excluding carboxylic acids is 1. The van der Waals surface area contributed by atoms with Crippen LogP contribution in [0.1, 0.15) is 23.9 Å². The summed E-state index contributed by atoms with van der Waals surface area (Å²) in [5, 5.41) is 3.20. The van der Waals surface area contributed by atoms with Crippen molar-refractivity contribution in [3.63, 3.8) is 0 Å². The maximum Gasteiger partial charge on any atom is 0.139 e. The van der Waals surface area contributed by atoms with Gasteiger partial charge in [-0.2, -0.15) is 0 Å². The molecule has 23 heavy (non-hydrogen) atoms. The highest BCUT2D eigenvalue weighted by atomic mass is 16.1. The van der Waals surface area contributed by atoms with Crippen LogP contribution in [0, 0.1) is 6.92 Å². The van der Waals surface area contributed by atoms with E-state index in [9.17, 15) is 4.79 Å². The van der Waals surface area contributed by atoms with E-state index in [4.69, 9.17) is 0 Å². The van der Waals surface area contributed by atoms with Crippen molar-refractivity contribution in [1.82, 2.24) is 14.9 Å². The van der Waals surface area contributed by atoms with E-state index in [1.165, 1.54) is 11.1 Å². The van der Waals surface area contributed by atoms with Crippen molar-refractivity contribution < 1.29 is 4.79 Å². The molecular weight excluding hydrogens is 288 g/mol. The van der Waals surface area contributed by atoms with Crippen molar-refractivity contribution in [2.24, 2.45) is 0 Å². The molecule has 0 atom stereocenters. The van der Waals surface area contributed by atoms with Gasteiger partial charge in [0.1, 0.15) is 12.1 Å². The van der Waals surface area contributed by atoms with Crippen LogP contribution in [0.15, 0.2) is 24.5 Å². The van der Waals surface area contributed by atoms with Gasteiger partial charge in [0.15, 0.2) is 0 Å². The summed E-state index contributed by atoms with van der Waals surface area (Å²) in [5.41, 5.74) is 5.56. The highest BCUT2D eigenvalue weighted by Gasteiger charge is 2.12. The molecule has 0 spiro atoms. The third kappa shape index (κ3) is 4.36. The van der Waals surface area contributed by atoms with Gasteiger partial charge in [-0.25, -0.2) is 9.97 Å². The van der Waals surface area contributed by atoms with Gasteiger partial charge >= 0.3 is 0 Å². The molecule has 5 nitrogen and oxygen atoms in total. The molecule has 5 heteroatoms. The van der Waals surface area contributed by atoms with E-state index in [-0.39, 0.29) is 0 Å². The van der Waals surface area contributed by atoms with Crippen LogP contribution in [0.4, 0.5) is 5.69 Å². The minimum atomic E-state index is 0.321. The lowest BCUT2D eigenvalue weighted by Gasteiger charge is -2.19. The van der Waals surface area contributed by atoms with Gasteiger partial charge in [0.05, 0.1) is 6.54 Å². The fraction of sp³-hybridized carbons (Fsp3) is 0.389. The lowest BCUT2D eigenvalue weighted by atomic mass is 9.96. The SMILES string of the molecule is CCc1cc(-c2cnc(C)nc2)c(CN(C)C)cc1NCC=O. The number of anilines is 1. The molecule has 0 bridgehead atoms. The molecule has 0 aliphatic heterocycles. The number of hydrogen-bond donors (Lipinski definition) is 1. The highest BCUT2D eigenvalue weighted by molar-refractivity contribution is 5.73. The molecule has 2 aromatic rings. The van der Waals surface area contributed by atoms with E-state index >= 15 is 0 Å². The number of nitrogens with zero attached hydrogens (tertiary/aromatic N) is 3. The Bertz CT molecular complexity index is 665. The average molecular weight is 312 g/mol. The Morgan fingerprint density at radius 2 is 1.87 bits per heavy atom. The van der Waals surface area contributed by atoms with Gasteiger partial charge in [-0.15, -0.1) is 0 Å². The topological polar surface area (TPSA) is 58.1 Å². The summed E-state index contributed by atoms with van der Waals surface area (Å²) in [6, 6.07) is 4.32. The molecule has 0 saturated heterocycles. The Hall–Kier alpha value is -2.27. The van der Waals surface area contributed by atoms with E-state index in [0.717, 1.165) is 41.9 Å². The molecule has 122 valence electrons. The number of aldehydes is 1. The largest absolute Gasteiger partial charge is 0.378 e. The summed E-state index contributed by atoms with van der Waals surface area (Å²) < 4.78 is 0. The molecular formula is C18H24N4O. The van der Waals surface area contributed by atoms with Crippen LogP contribution in [-0.2, 0) is 17.8 Å². The molecule has 1 aromatic carbocycles. The minimum absolute atomic E-state index is 0.321. The first kappa shape index (κ1) is 17.1. The Morgan fingerprint density at radius 3 is 2.43 bits per heavy atom. The number of carbonyl (C=O) groups is 1. The van der Waals surface area contributed by atoms with Crippen LogP contribution in [0.25, 0.3) is 11.1 Å². The molecule has 0 radical (unpaired) electrons. The molecule has 0 saturated carbocycles. The number of nitrogens with one attached hydrogen (secondary N) is 1. The number of benzene rings is 1. The van der Waals surface area contributed by atoms with E-state index in [1.807, 2.05) is 33.4 Å². The Kier molecular flexibility index (Phi) is 5.82. The van der Waals surface area contributed by atoms with Crippen molar-refractivity contribution in [3.8, 4) is 11.1 Å². The summed E-state index contributed by atoms with van der Waals surface area (Å²) in [4.78, 5) is 21.4. The van der Waals surface area contributed by atoms with Crippen LogP contribution < -0.4 is 5.32 Å². The number of hydrogen-bond acceptors (Lipinski definition) is 5. The standard InChI is InChI=1S/C18H24N4O/c1-5-14-8-17(16-10-20-13(2)21-11-16)15(12-22(3)4)9-18(14)19-6-7-23/h7-11,19H,5-6,12H2,1-4H3. The lowest BCUT2D eigenvalue weighted by molar-refractivity contribution is -0.106. The molecule has 0 fully saturated rings. The first-order valence-corrected chi connectivity index (χ1v) is 7.82. The summed E-state index contributed by atoms with van der Waals surface area (Å²) in [5.74, 6) is 0.767. The van der Waals surface area contributed by atoms with Crippen LogP contribution in [-0.4, -0.2) is 41.8 Å². The van der Waals surface area contributed by atoms with E-state index in [0.29, 0.717) is 6.54 Å². The van der Waals surface area contributed by atoms with E-state index < -0.39 is 0 Å². The van der Waals surface area contributed by atoms with Crippen molar-refractivity contribution in [2.75, 3.05) is 26.0 Å². The normalized spacial score (nSPS) is 10.8. The average Bonchev–Trinajstić information content (AvgIpc) is 2.53. The predicted molar refractivity (Wildman–Crippen MR) is 93.5 cm³/mol. The fourth-order valence-electron chi connectivity index (χ4n) is 2.57. The van der Waals surface area contributed by atoms with Gasteiger partial charge in [-0.3, -0.25) is 0 Å². The van der Waals surface area contributed by atoms with Crippen molar-refractivity contribution in [2.45, 2.75) is 26.8 Å². The number of aromatic nitrogens is 2. The zero-order chi connectivity index (χ0) is 16.8. The van der Waals surface area contributed by atoms with Gasteiger partial charge in [-0.05, 0) is 56.3 Å². The quantitative estimate of drug-likeness (QED) is 0.797. The summed E-state index contributed by atoms with van der Waals surface area (Å²) >= 11 is 0. The molecule has 0 amide bonds. The number of rotatable bonds is 7. The zero-order valence-electron chi connectivity index (χ0n) is 14.3. The summed E-state index contributed by atoms with van der Waals surface area (Å²) in [6.45, 7) is 5.13. The van der Waals surface area contributed by atoms with E-state index in [2.05, 4.69) is 39.2 Å². The molecule has 1 aromatic heterocycles. The molecule has 0 aliphatic carbocycles. The van der Waals surface area contributed by atoms with Crippen molar-refractivity contribution in [1.29, 1.82) is 0 Å². The molecule has 1 N–H and O–H groups in total. The van der Waals surface area contributed by atoms with Crippen molar-refractivity contribution >= 4 is 12.0 Å². The van der Waals surface area contributed by atoms with Gasteiger partial charge in [-0.1, -0.05) is 6.92 Å². The Morgan fingerprint density at radius 1 is 1.17 bits per heavy atom. The summed E-state index contributed by atoms with van der Waals surface area (Å²) in [7, 11) is 4.09. The molecule has 0 aliphatic rings. The second-order valence-electron chi connectivity index (χ2n) is 5.82. The molecule has 1 heterocycles. The minimum Gasteiger partial charge on any atom is -0.378 e. The van der Waals surface area contributed by atoms with Gasteiger partial charge in [0, 0.05) is 30.2 Å². The first-order chi connectivity index (χ1) is 11.0. The maximum absolute atomic E-state index is 10.7. The first-order valence-electron chi connectivity index (χ1n) is 7.82. The van der Waals surface area contributed by atoms with Crippen LogP contribution in [0.5, 0.6) is 0 Å². The van der Waals surface area contributed by atoms with Crippen LogP contribution >= 0.6 is 0 Å². The monoisotopic (exact) mass is 312 g/mol. The second-order valence-corrected chi connectivity index (χ2v) is 5.82.